The van der Waals surface area contributed by atoms with E-state index in [-0.39, 0.29) is 6.04 Å². The highest BCUT2D eigenvalue weighted by Gasteiger charge is 2.34. The minimum absolute atomic E-state index is 0.000354. The van der Waals surface area contributed by atoms with Gasteiger partial charge in [0.25, 0.3) is 0 Å². The fourth-order valence-electron chi connectivity index (χ4n) is 3.15. The first kappa shape index (κ1) is 21.9. The molecule has 2 heterocycles. The van der Waals surface area contributed by atoms with Gasteiger partial charge in [-0.25, -0.2) is 14.6 Å². The minimum Gasteiger partial charge on any atom is -0.478 e. The van der Waals surface area contributed by atoms with Crippen LogP contribution < -0.4 is 4.90 Å². The third-order valence-electron chi connectivity index (χ3n) is 4.47. The van der Waals surface area contributed by atoms with Crippen LogP contribution in [-0.4, -0.2) is 58.3 Å². The first-order chi connectivity index (χ1) is 13.2. The van der Waals surface area contributed by atoms with Crippen molar-refractivity contribution in [2.24, 2.45) is 0 Å². The molecule has 0 aliphatic carbocycles. The highest BCUT2D eigenvalue weighted by molar-refractivity contribution is 5.88. The number of aromatic nitrogens is 1. The van der Waals surface area contributed by atoms with Gasteiger partial charge in [-0.2, -0.15) is 0 Å². The van der Waals surface area contributed by atoms with Crippen molar-refractivity contribution >= 4 is 24.0 Å². The van der Waals surface area contributed by atoms with Gasteiger partial charge in [-0.15, -0.1) is 0 Å². The lowest BCUT2D eigenvalue weighted by atomic mass is 10.2. The van der Waals surface area contributed by atoms with Crippen LogP contribution in [0.1, 0.15) is 52.5 Å². The number of hydrogen-bond acceptors (Lipinski definition) is 5. The monoisotopic (exact) mass is 389 g/mol. The molecule has 0 bridgehead atoms. The van der Waals surface area contributed by atoms with Crippen LogP contribution >= 0.6 is 0 Å². The zero-order valence-corrected chi connectivity index (χ0v) is 17.2. The van der Waals surface area contributed by atoms with Crippen LogP contribution in [0.2, 0.25) is 0 Å². The molecule has 1 atom stereocenters. The summed E-state index contributed by atoms with van der Waals surface area (Å²) in [6, 6.07) is 3.49. The molecular weight excluding hydrogens is 358 g/mol. The van der Waals surface area contributed by atoms with Crippen LogP contribution in [0.4, 0.5) is 10.6 Å². The van der Waals surface area contributed by atoms with Crippen LogP contribution in [0.25, 0.3) is 6.08 Å². The van der Waals surface area contributed by atoms with E-state index in [1.54, 1.807) is 23.2 Å². The van der Waals surface area contributed by atoms with Crippen molar-refractivity contribution in [3.8, 4) is 0 Å². The molecule has 1 aliphatic heterocycles. The number of pyridine rings is 1. The number of carbonyl (C=O) groups is 2. The molecule has 1 saturated heterocycles. The zero-order chi connectivity index (χ0) is 20.7. The molecule has 7 nitrogen and oxygen atoms in total. The summed E-state index contributed by atoms with van der Waals surface area (Å²) in [5.41, 5.74) is 0.0614. The number of aliphatic carboxylic acids is 1. The van der Waals surface area contributed by atoms with Crippen molar-refractivity contribution in [2.45, 2.75) is 58.6 Å². The van der Waals surface area contributed by atoms with E-state index >= 15 is 0 Å². The fraction of sp³-hybridized carbons (Fsp3) is 0.571. The van der Waals surface area contributed by atoms with Gasteiger partial charge >= 0.3 is 12.1 Å². The Hall–Kier alpha value is -2.41. The summed E-state index contributed by atoms with van der Waals surface area (Å²) in [4.78, 5) is 32.0. The van der Waals surface area contributed by atoms with Crippen molar-refractivity contribution in [1.82, 2.24) is 9.88 Å². The summed E-state index contributed by atoms with van der Waals surface area (Å²) < 4.78 is 5.63. The first-order valence-electron chi connectivity index (χ1n) is 9.81. The maximum Gasteiger partial charge on any atom is 0.416 e. The summed E-state index contributed by atoms with van der Waals surface area (Å²) in [6.07, 6.45) is 6.84. The SMILES string of the molecule is CCCCN1CCC(N(C(=O)OC(C)(C)C)c2ccc(/C=C/C(=O)O)cn2)C1. The smallest absolute Gasteiger partial charge is 0.416 e. The number of rotatable bonds is 7. The standard InChI is InChI=1S/C21H31N3O4/c1-5-6-12-23-13-11-17(15-23)24(20(27)28-21(2,3)4)18-9-7-16(14-22-18)8-10-19(25)26/h7-10,14,17H,5-6,11-13,15H2,1-4H3,(H,25,26)/b10-8+. The number of carboxylic acids is 1. The van der Waals surface area contributed by atoms with Crippen LogP contribution in [0.5, 0.6) is 0 Å². The molecule has 1 unspecified atom stereocenters. The van der Waals surface area contributed by atoms with Crippen molar-refractivity contribution in [3.63, 3.8) is 0 Å². The Balaban J connectivity index is 2.21. The number of ether oxygens (including phenoxy) is 1. The van der Waals surface area contributed by atoms with Gasteiger partial charge in [0.15, 0.2) is 0 Å². The molecule has 0 radical (unpaired) electrons. The number of likely N-dealkylation sites (tertiary alicyclic amines) is 1. The second-order valence-corrected chi connectivity index (χ2v) is 8.07. The molecule has 1 N–H and O–H groups in total. The van der Waals surface area contributed by atoms with Crippen LogP contribution in [0, 0.1) is 0 Å². The molecular formula is C21H31N3O4. The number of amides is 1. The van der Waals surface area contributed by atoms with Crippen LogP contribution in [-0.2, 0) is 9.53 Å². The van der Waals surface area contributed by atoms with Gasteiger partial charge in [-0.05, 0) is 63.9 Å². The molecule has 0 aromatic carbocycles. The van der Waals surface area contributed by atoms with Gasteiger partial charge in [0.05, 0.1) is 6.04 Å². The number of unbranched alkanes of at least 4 members (excludes halogenated alkanes) is 1. The van der Waals surface area contributed by atoms with Crippen LogP contribution in [0.15, 0.2) is 24.4 Å². The lowest BCUT2D eigenvalue weighted by Gasteiger charge is -2.31. The molecule has 28 heavy (non-hydrogen) atoms. The lowest BCUT2D eigenvalue weighted by Crippen LogP contribution is -2.45. The summed E-state index contributed by atoms with van der Waals surface area (Å²) in [5.74, 6) is -0.498. The normalized spacial score (nSPS) is 17.8. The lowest BCUT2D eigenvalue weighted by molar-refractivity contribution is -0.131. The quantitative estimate of drug-likeness (QED) is 0.714. The van der Waals surface area contributed by atoms with Gasteiger partial charge < -0.3 is 14.7 Å². The molecule has 154 valence electrons. The van der Waals surface area contributed by atoms with E-state index in [0.29, 0.717) is 11.4 Å². The maximum absolute atomic E-state index is 12.9. The Morgan fingerprint density at radius 1 is 1.39 bits per heavy atom. The average molecular weight is 389 g/mol. The summed E-state index contributed by atoms with van der Waals surface area (Å²) in [6.45, 7) is 10.5. The van der Waals surface area contributed by atoms with Gasteiger partial charge in [0.1, 0.15) is 11.4 Å². The number of carboxylic acid groups (broad SMARTS) is 1. The van der Waals surface area contributed by atoms with Crippen molar-refractivity contribution in [3.05, 3.63) is 30.0 Å². The van der Waals surface area contributed by atoms with E-state index in [1.807, 2.05) is 20.8 Å². The Morgan fingerprint density at radius 2 is 2.14 bits per heavy atom. The maximum atomic E-state index is 12.9. The third kappa shape index (κ3) is 6.64. The van der Waals surface area contributed by atoms with E-state index in [2.05, 4.69) is 16.8 Å². The Kier molecular flexibility index (Phi) is 7.57. The summed E-state index contributed by atoms with van der Waals surface area (Å²) >= 11 is 0. The van der Waals surface area contributed by atoms with Gasteiger partial charge in [-0.1, -0.05) is 13.3 Å². The molecule has 1 aromatic rings. The number of carbonyl (C=O) groups excluding carboxylic acids is 1. The predicted octanol–water partition coefficient (Wildman–Crippen LogP) is 3.80. The number of anilines is 1. The van der Waals surface area contributed by atoms with Crippen LogP contribution in [0.3, 0.4) is 0 Å². The second kappa shape index (κ2) is 9.68. The summed E-state index contributed by atoms with van der Waals surface area (Å²) in [7, 11) is 0. The number of hydrogen-bond donors (Lipinski definition) is 1. The molecule has 1 aliphatic rings. The third-order valence-corrected chi connectivity index (χ3v) is 4.47. The molecule has 7 heteroatoms. The van der Waals surface area contributed by atoms with E-state index in [4.69, 9.17) is 9.84 Å². The topological polar surface area (TPSA) is 83.0 Å². The molecule has 0 spiro atoms. The molecule has 0 saturated carbocycles. The minimum atomic E-state index is -1.02. The predicted molar refractivity (Wildman–Crippen MR) is 109 cm³/mol. The van der Waals surface area contributed by atoms with Gasteiger partial charge in [0.2, 0.25) is 0 Å². The average Bonchev–Trinajstić information content (AvgIpc) is 3.06. The second-order valence-electron chi connectivity index (χ2n) is 8.07. The van der Waals surface area contributed by atoms with E-state index in [1.165, 1.54) is 6.08 Å². The van der Waals surface area contributed by atoms with E-state index in [9.17, 15) is 9.59 Å². The highest BCUT2D eigenvalue weighted by Crippen LogP contribution is 2.25. The molecule has 1 amide bonds. The number of nitrogens with zero attached hydrogens (tertiary/aromatic N) is 3. The largest absolute Gasteiger partial charge is 0.478 e. The summed E-state index contributed by atoms with van der Waals surface area (Å²) in [5, 5.41) is 8.75. The Bertz CT molecular complexity index is 695. The Morgan fingerprint density at radius 3 is 2.71 bits per heavy atom. The van der Waals surface area contributed by atoms with Gasteiger partial charge in [0, 0.05) is 25.4 Å². The zero-order valence-electron chi connectivity index (χ0n) is 17.2. The highest BCUT2D eigenvalue weighted by atomic mass is 16.6. The Labute approximate surface area is 167 Å². The van der Waals surface area contributed by atoms with Gasteiger partial charge in [-0.3, -0.25) is 4.90 Å². The van der Waals surface area contributed by atoms with Crippen molar-refractivity contribution < 1.29 is 19.4 Å². The van der Waals surface area contributed by atoms with E-state index in [0.717, 1.165) is 45.0 Å². The molecule has 1 aromatic heterocycles. The fourth-order valence-corrected chi connectivity index (χ4v) is 3.15. The van der Waals surface area contributed by atoms with E-state index < -0.39 is 17.7 Å². The van der Waals surface area contributed by atoms with Crippen molar-refractivity contribution in [1.29, 1.82) is 0 Å². The van der Waals surface area contributed by atoms with Crippen molar-refractivity contribution in [2.75, 3.05) is 24.5 Å². The first-order valence-corrected chi connectivity index (χ1v) is 9.81. The molecule has 1 fully saturated rings. The molecule has 2 rings (SSSR count).